The van der Waals surface area contributed by atoms with Gasteiger partial charge in [-0.1, -0.05) is 17.7 Å². The van der Waals surface area contributed by atoms with E-state index in [1.54, 1.807) is 12.4 Å². The maximum absolute atomic E-state index is 12.0. The molecule has 21 heavy (non-hydrogen) atoms. The molecule has 3 rings (SSSR count). The van der Waals surface area contributed by atoms with Gasteiger partial charge in [-0.15, -0.1) is 0 Å². The molecule has 1 aromatic carbocycles. The summed E-state index contributed by atoms with van der Waals surface area (Å²) in [6.45, 7) is 0.495. The number of aromatic nitrogens is 1. The van der Waals surface area contributed by atoms with Crippen molar-refractivity contribution in [3.05, 3.63) is 64.4 Å². The van der Waals surface area contributed by atoms with E-state index < -0.39 is 0 Å². The molecular formula is C16H16ClN3O. The Balaban J connectivity index is 1.57. The zero-order valence-corrected chi connectivity index (χ0v) is 12.2. The van der Waals surface area contributed by atoms with Gasteiger partial charge >= 0.3 is 6.03 Å². The molecule has 2 amide bonds. The number of nitrogens with zero attached hydrogens (tertiary/aromatic N) is 1. The standard InChI is InChI=1S/C16H16ClN3O/c17-13-2-3-14-12(9-13)1-4-15(14)20-16(21)19-10-11-5-7-18-8-6-11/h2-3,5-9,15H,1,4,10H2,(H2,19,20,21)/t15-/m0/s1. The number of hydrogen-bond acceptors (Lipinski definition) is 2. The number of pyridine rings is 1. The lowest BCUT2D eigenvalue weighted by Gasteiger charge is -2.15. The molecule has 2 N–H and O–H groups in total. The molecule has 5 heteroatoms. The summed E-state index contributed by atoms with van der Waals surface area (Å²) in [5, 5.41) is 6.63. The van der Waals surface area contributed by atoms with E-state index in [9.17, 15) is 4.79 Å². The van der Waals surface area contributed by atoms with Gasteiger partial charge in [-0.2, -0.15) is 0 Å². The molecule has 1 aliphatic rings. The maximum atomic E-state index is 12.0. The highest BCUT2D eigenvalue weighted by molar-refractivity contribution is 6.30. The van der Waals surface area contributed by atoms with E-state index in [1.807, 2.05) is 30.3 Å². The van der Waals surface area contributed by atoms with Gasteiger partial charge in [0.15, 0.2) is 0 Å². The first-order chi connectivity index (χ1) is 10.2. The van der Waals surface area contributed by atoms with Crippen LogP contribution in [0.25, 0.3) is 0 Å². The molecule has 1 heterocycles. The molecule has 0 spiro atoms. The van der Waals surface area contributed by atoms with Crippen molar-refractivity contribution >= 4 is 17.6 Å². The van der Waals surface area contributed by atoms with Gasteiger partial charge < -0.3 is 10.6 Å². The Morgan fingerprint density at radius 3 is 2.90 bits per heavy atom. The van der Waals surface area contributed by atoms with Gasteiger partial charge in [0, 0.05) is 24.0 Å². The molecule has 2 aromatic rings. The molecular weight excluding hydrogens is 286 g/mol. The van der Waals surface area contributed by atoms with Crippen molar-refractivity contribution in [1.82, 2.24) is 15.6 Å². The summed E-state index contributed by atoms with van der Waals surface area (Å²) in [5.74, 6) is 0. The molecule has 0 bridgehead atoms. The van der Waals surface area contributed by atoms with Crippen molar-refractivity contribution in [2.75, 3.05) is 0 Å². The summed E-state index contributed by atoms with van der Waals surface area (Å²) in [6, 6.07) is 9.52. The molecule has 0 saturated carbocycles. The summed E-state index contributed by atoms with van der Waals surface area (Å²) in [7, 11) is 0. The number of rotatable bonds is 3. The maximum Gasteiger partial charge on any atom is 0.315 e. The average Bonchev–Trinajstić information content (AvgIpc) is 2.88. The third-order valence-corrected chi connectivity index (χ3v) is 3.93. The van der Waals surface area contributed by atoms with Crippen LogP contribution in [-0.2, 0) is 13.0 Å². The third-order valence-electron chi connectivity index (χ3n) is 3.69. The van der Waals surface area contributed by atoms with E-state index in [2.05, 4.69) is 15.6 Å². The van der Waals surface area contributed by atoms with E-state index in [1.165, 1.54) is 11.1 Å². The van der Waals surface area contributed by atoms with Gasteiger partial charge in [-0.05, 0) is 53.8 Å². The number of urea groups is 1. The van der Waals surface area contributed by atoms with Gasteiger partial charge in [0.2, 0.25) is 0 Å². The Morgan fingerprint density at radius 2 is 2.10 bits per heavy atom. The first-order valence-corrected chi connectivity index (χ1v) is 7.32. The van der Waals surface area contributed by atoms with E-state index in [-0.39, 0.29) is 12.1 Å². The Labute approximate surface area is 128 Å². The molecule has 4 nitrogen and oxygen atoms in total. The normalized spacial score (nSPS) is 16.3. The first-order valence-electron chi connectivity index (χ1n) is 6.94. The Kier molecular flexibility index (Phi) is 4.06. The van der Waals surface area contributed by atoms with Gasteiger partial charge in [0.05, 0.1) is 6.04 Å². The highest BCUT2D eigenvalue weighted by Gasteiger charge is 2.23. The highest BCUT2D eigenvalue weighted by atomic mass is 35.5. The molecule has 0 unspecified atom stereocenters. The topological polar surface area (TPSA) is 54.0 Å². The SMILES string of the molecule is O=C(NCc1ccncc1)N[C@H]1CCc2cc(Cl)ccc21. The zero-order valence-electron chi connectivity index (χ0n) is 11.5. The lowest BCUT2D eigenvalue weighted by molar-refractivity contribution is 0.236. The van der Waals surface area contributed by atoms with Crippen LogP contribution in [0.2, 0.25) is 5.02 Å². The molecule has 1 aromatic heterocycles. The largest absolute Gasteiger partial charge is 0.334 e. The van der Waals surface area contributed by atoms with Crippen LogP contribution in [0.5, 0.6) is 0 Å². The number of halogens is 1. The number of amides is 2. The van der Waals surface area contributed by atoms with Crippen LogP contribution in [0.4, 0.5) is 4.79 Å². The Morgan fingerprint density at radius 1 is 1.29 bits per heavy atom. The van der Waals surface area contributed by atoms with Gasteiger partial charge in [0.1, 0.15) is 0 Å². The minimum absolute atomic E-state index is 0.0645. The van der Waals surface area contributed by atoms with Crippen molar-refractivity contribution in [2.24, 2.45) is 0 Å². The van der Waals surface area contributed by atoms with E-state index in [0.717, 1.165) is 23.4 Å². The quantitative estimate of drug-likeness (QED) is 0.914. The summed E-state index contributed by atoms with van der Waals surface area (Å²) >= 11 is 5.99. The Bertz CT molecular complexity index is 645. The monoisotopic (exact) mass is 301 g/mol. The van der Waals surface area contributed by atoms with Crippen LogP contribution >= 0.6 is 11.6 Å². The summed E-state index contributed by atoms with van der Waals surface area (Å²) in [6.07, 6.45) is 5.29. The smallest absolute Gasteiger partial charge is 0.315 e. The zero-order chi connectivity index (χ0) is 14.7. The van der Waals surface area contributed by atoms with Crippen molar-refractivity contribution < 1.29 is 4.79 Å². The molecule has 0 fully saturated rings. The second-order valence-corrected chi connectivity index (χ2v) is 5.55. The number of fused-ring (bicyclic) bond motifs is 1. The van der Waals surface area contributed by atoms with Crippen LogP contribution in [0.15, 0.2) is 42.7 Å². The predicted molar refractivity (Wildman–Crippen MR) is 82.1 cm³/mol. The van der Waals surface area contributed by atoms with E-state index in [4.69, 9.17) is 11.6 Å². The highest BCUT2D eigenvalue weighted by Crippen LogP contribution is 2.32. The lowest BCUT2D eigenvalue weighted by atomic mass is 10.1. The lowest BCUT2D eigenvalue weighted by Crippen LogP contribution is -2.36. The molecule has 0 aliphatic heterocycles. The summed E-state index contributed by atoms with van der Waals surface area (Å²) < 4.78 is 0. The molecule has 1 atom stereocenters. The van der Waals surface area contributed by atoms with Crippen LogP contribution < -0.4 is 10.6 Å². The Hall–Kier alpha value is -2.07. The predicted octanol–water partition coefficient (Wildman–Crippen LogP) is 3.22. The van der Waals surface area contributed by atoms with Crippen LogP contribution in [0.3, 0.4) is 0 Å². The summed E-state index contributed by atoms with van der Waals surface area (Å²) in [4.78, 5) is 15.9. The fraction of sp³-hybridized carbons (Fsp3) is 0.250. The number of hydrogen-bond donors (Lipinski definition) is 2. The van der Waals surface area contributed by atoms with Crippen molar-refractivity contribution in [1.29, 1.82) is 0 Å². The second-order valence-electron chi connectivity index (χ2n) is 5.12. The number of aryl methyl sites for hydroxylation is 1. The van der Waals surface area contributed by atoms with Gasteiger partial charge in [-0.25, -0.2) is 4.79 Å². The molecule has 0 radical (unpaired) electrons. The number of nitrogens with one attached hydrogen (secondary N) is 2. The number of carbonyl (C=O) groups excluding carboxylic acids is 1. The fourth-order valence-corrected chi connectivity index (χ4v) is 2.82. The van der Waals surface area contributed by atoms with Crippen molar-refractivity contribution in [3.8, 4) is 0 Å². The van der Waals surface area contributed by atoms with Gasteiger partial charge in [-0.3, -0.25) is 4.98 Å². The minimum Gasteiger partial charge on any atom is -0.334 e. The van der Waals surface area contributed by atoms with E-state index in [0.29, 0.717) is 6.54 Å². The number of carbonyl (C=O) groups is 1. The number of benzene rings is 1. The van der Waals surface area contributed by atoms with Crippen molar-refractivity contribution in [3.63, 3.8) is 0 Å². The van der Waals surface area contributed by atoms with Crippen LogP contribution in [0.1, 0.15) is 29.2 Å². The molecule has 0 saturated heterocycles. The van der Waals surface area contributed by atoms with Crippen LogP contribution in [-0.4, -0.2) is 11.0 Å². The van der Waals surface area contributed by atoms with Crippen molar-refractivity contribution in [2.45, 2.75) is 25.4 Å². The minimum atomic E-state index is -0.153. The van der Waals surface area contributed by atoms with Crippen LogP contribution in [0, 0.1) is 0 Å². The third kappa shape index (κ3) is 3.34. The summed E-state index contributed by atoms with van der Waals surface area (Å²) in [5.41, 5.74) is 3.42. The first kappa shape index (κ1) is 13.9. The fourth-order valence-electron chi connectivity index (χ4n) is 2.63. The van der Waals surface area contributed by atoms with Gasteiger partial charge in [0.25, 0.3) is 0 Å². The molecule has 108 valence electrons. The van der Waals surface area contributed by atoms with E-state index >= 15 is 0 Å². The average molecular weight is 302 g/mol. The second kappa shape index (κ2) is 6.14. The molecule has 1 aliphatic carbocycles.